The molecule has 0 radical (unpaired) electrons. The fourth-order valence-electron chi connectivity index (χ4n) is 3.34. The van der Waals surface area contributed by atoms with Gasteiger partial charge in [0, 0.05) is 0 Å². The van der Waals surface area contributed by atoms with Gasteiger partial charge in [-0.05, 0) is 12.3 Å². The molecule has 1 fully saturated rings. The molecule has 0 N–H and O–H groups in total. The van der Waals surface area contributed by atoms with E-state index in [1.165, 1.54) is 38.5 Å². The third-order valence-electron chi connectivity index (χ3n) is 4.74. The molecule has 2 aliphatic rings. The average molecular weight is 248 g/mol. The standard InChI is InChI=1S/C16H28Si/c1-3-5-8-15-9-10-16(14-15)17(11-6-4-2)12-7-13-17/h9-10,14-15H,3-8,11-13H2,1-2H3. The summed E-state index contributed by atoms with van der Waals surface area (Å²) in [5, 5.41) is 1.83. The van der Waals surface area contributed by atoms with Crippen LogP contribution in [-0.2, 0) is 0 Å². The van der Waals surface area contributed by atoms with Crippen molar-refractivity contribution in [2.75, 3.05) is 0 Å². The normalized spacial score (nSPS) is 25.8. The van der Waals surface area contributed by atoms with E-state index in [-0.39, 0.29) is 0 Å². The summed E-state index contributed by atoms with van der Waals surface area (Å²) in [4.78, 5) is 0. The second-order valence-electron chi connectivity index (χ2n) is 6.02. The highest BCUT2D eigenvalue weighted by Crippen LogP contribution is 2.45. The van der Waals surface area contributed by atoms with Crippen LogP contribution in [-0.4, -0.2) is 8.07 Å². The van der Waals surface area contributed by atoms with E-state index in [2.05, 4.69) is 32.1 Å². The van der Waals surface area contributed by atoms with E-state index in [1.54, 1.807) is 18.1 Å². The molecule has 1 heterocycles. The van der Waals surface area contributed by atoms with E-state index >= 15 is 0 Å². The predicted molar refractivity (Wildman–Crippen MR) is 79.9 cm³/mol. The molecule has 1 heteroatoms. The molecule has 2 rings (SSSR count). The number of allylic oxidation sites excluding steroid dienone is 4. The van der Waals surface area contributed by atoms with Gasteiger partial charge in [0.25, 0.3) is 0 Å². The van der Waals surface area contributed by atoms with Gasteiger partial charge in [-0.25, -0.2) is 0 Å². The van der Waals surface area contributed by atoms with Crippen molar-refractivity contribution < 1.29 is 0 Å². The predicted octanol–water partition coefficient (Wildman–Crippen LogP) is 5.48. The van der Waals surface area contributed by atoms with Crippen molar-refractivity contribution in [2.24, 2.45) is 5.92 Å². The third kappa shape index (κ3) is 2.93. The molecule has 0 aromatic heterocycles. The Morgan fingerprint density at radius 2 is 1.94 bits per heavy atom. The topological polar surface area (TPSA) is 0 Å². The zero-order valence-corrected chi connectivity index (χ0v) is 12.7. The van der Waals surface area contributed by atoms with Crippen LogP contribution in [0.5, 0.6) is 0 Å². The molecule has 1 aliphatic heterocycles. The van der Waals surface area contributed by atoms with Crippen molar-refractivity contribution in [3.05, 3.63) is 23.4 Å². The molecule has 0 aromatic carbocycles. The SMILES string of the molecule is CCCCC1C=CC([Si]2(CCCC)CCC2)=C1. The first-order valence-corrected chi connectivity index (χ1v) is 10.3. The first-order chi connectivity index (χ1) is 8.30. The molecule has 1 aliphatic carbocycles. The van der Waals surface area contributed by atoms with Crippen LogP contribution in [0, 0.1) is 5.92 Å². The summed E-state index contributed by atoms with van der Waals surface area (Å²) in [5.74, 6) is 0.788. The summed E-state index contributed by atoms with van der Waals surface area (Å²) in [6.45, 7) is 4.64. The number of hydrogen-bond acceptors (Lipinski definition) is 0. The van der Waals surface area contributed by atoms with E-state index in [1.807, 2.05) is 5.20 Å². The van der Waals surface area contributed by atoms with Crippen molar-refractivity contribution in [3.8, 4) is 0 Å². The Morgan fingerprint density at radius 1 is 1.18 bits per heavy atom. The van der Waals surface area contributed by atoms with Crippen molar-refractivity contribution in [1.29, 1.82) is 0 Å². The first-order valence-electron chi connectivity index (χ1n) is 7.71. The Hall–Kier alpha value is -0.303. The molecule has 1 atom stereocenters. The average Bonchev–Trinajstić information content (AvgIpc) is 2.74. The number of unbranched alkanes of at least 4 members (excludes halogenated alkanes) is 2. The molecule has 0 spiro atoms. The summed E-state index contributed by atoms with van der Waals surface area (Å²) in [6.07, 6.45) is 16.1. The van der Waals surface area contributed by atoms with Crippen LogP contribution in [0.15, 0.2) is 23.4 Å². The Balaban J connectivity index is 1.94. The monoisotopic (exact) mass is 248 g/mol. The largest absolute Gasteiger partial charge is 0.0862 e. The minimum atomic E-state index is -0.937. The van der Waals surface area contributed by atoms with Crippen molar-refractivity contribution in [1.82, 2.24) is 0 Å². The Kier molecular flexibility index (Phi) is 4.67. The zero-order valence-electron chi connectivity index (χ0n) is 11.7. The summed E-state index contributed by atoms with van der Waals surface area (Å²) < 4.78 is 0. The summed E-state index contributed by atoms with van der Waals surface area (Å²) in [7, 11) is -0.937. The smallest absolute Gasteiger partial charge is 0.0783 e. The lowest BCUT2D eigenvalue weighted by Crippen LogP contribution is -2.43. The van der Waals surface area contributed by atoms with E-state index in [4.69, 9.17) is 0 Å². The highest BCUT2D eigenvalue weighted by atomic mass is 28.3. The van der Waals surface area contributed by atoms with Gasteiger partial charge < -0.3 is 0 Å². The summed E-state index contributed by atoms with van der Waals surface area (Å²) in [6, 6.07) is 4.74. The minimum absolute atomic E-state index is 0.788. The molecule has 0 aromatic rings. The van der Waals surface area contributed by atoms with Crippen LogP contribution in [0.4, 0.5) is 0 Å². The van der Waals surface area contributed by atoms with Crippen LogP contribution < -0.4 is 0 Å². The molecule has 96 valence electrons. The van der Waals surface area contributed by atoms with E-state index in [0.717, 1.165) is 5.92 Å². The molecule has 0 saturated carbocycles. The lowest BCUT2D eigenvalue weighted by molar-refractivity contribution is 0.646. The highest BCUT2D eigenvalue weighted by Gasteiger charge is 2.41. The lowest BCUT2D eigenvalue weighted by Gasteiger charge is -2.41. The Labute approximate surface area is 108 Å². The van der Waals surface area contributed by atoms with Gasteiger partial charge in [0.1, 0.15) is 0 Å². The molecule has 0 nitrogen and oxygen atoms in total. The van der Waals surface area contributed by atoms with E-state index in [9.17, 15) is 0 Å². The highest BCUT2D eigenvalue weighted by molar-refractivity contribution is 6.89. The van der Waals surface area contributed by atoms with Gasteiger partial charge in [0.2, 0.25) is 0 Å². The van der Waals surface area contributed by atoms with Gasteiger partial charge >= 0.3 is 0 Å². The summed E-state index contributed by atoms with van der Waals surface area (Å²) in [5.41, 5.74) is 0. The number of rotatable bonds is 7. The maximum absolute atomic E-state index is 2.65. The van der Waals surface area contributed by atoms with Gasteiger partial charge in [-0.2, -0.15) is 0 Å². The Bertz CT molecular complexity index is 297. The van der Waals surface area contributed by atoms with Crippen LogP contribution in [0.2, 0.25) is 18.1 Å². The molecular formula is C16H28Si. The van der Waals surface area contributed by atoms with Gasteiger partial charge in [-0.15, -0.1) is 0 Å². The van der Waals surface area contributed by atoms with Gasteiger partial charge in [0.15, 0.2) is 0 Å². The van der Waals surface area contributed by atoms with E-state index < -0.39 is 8.07 Å². The minimum Gasteiger partial charge on any atom is -0.0783 e. The second-order valence-corrected chi connectivity index (χ2v) is 10.7. The van der Waals surface area contributed by atoms with Crippen LogP contribution in [0.1, 0.15) is 52.4 Å². The molecule has 0 bridgehead atoms. The number of hydrogen-bond donors (Lipinski definition) is 0. The van der Waals surface area contributed by atoms with Crippen LogP contribution in [0.3, 0.4) is 0 Å². The van der Waals surface area contributed by atoms with Crippen LogP contribution >= 0.6 is 0 Å². The van der Waals surface area contributed by atoms with Crippen molar-refractivity contribution in [3.63, 3.8) is 0 Å². The molecule has 0 amide bonds. The first kappa shape index (κ1) is 13.1. The molecular weight excluding hydrogens is 220 g/mol. The molecule has 1 saturated heterocycles. The third-order valence-corrected chi connectivity index (χ3v) is 10.2. The second kappa shape index (κ2) is 6.04. The van der Waals surface area contributed by atoms with E-state index in [0.29, 0.717) is 0 Å². The van der Waals surface area contributed by atoms with Crippen molar-refractivity contribution >= 4 is 8.07 Å². The fraction of sp³-hybridized carbons (Fsp3) is 0.750. The van der Waals surface area contributed by atoms with Gasteiger partial charge in [-0.3, -0.25) is 0 Å². The van der Waals surface area contributed by atoms with Gasteiger partial charge in [-0.1, -0.05) is 87.5 Å². The molecule has 1 unspecified atom stereocenters. The van der Waals surface area contributed by atoms with Crippen molar-refractivity contribution in [2.45, 2.75) is 70.5 Å². The fourth-order valence-corrected chi connectivity index (χ4v) is 7.96. The maximum Gasteiger partial charge on any atom is 0.0862 e. The summed E-state index contributed by atoms with van der Waals surface area (Å²) >= 11 is 0. The quantitative estimate of drug-likeness (QED) is 0.523. The zero-order chi connectivity index (χ0) is 12.1. The van der Waals surface area contributed by atoms with Crippen LogP contribution in [0.25, 0.3) is 0 Å². The maximum atomic E-state index is 2.65. The lowest BCUT2D eigenvalue weighted by atomic mass is 10.0. The van der Waals surface area contributed by atoms with Gasteiger partial charge in [0.05, 0.1) is 8.07 Å². The molecule has 17 heavy (non-hydrogen) atoms. The Morgan fingerprint density at radius 3 is 2.53 bits per heavy atom.